The molecule has 0 aromatic rings. The maximum Gasteiger partial charge on any atom is 0.324 e. The number of ether oxygens (including phenoxy) is 1. The lowest BCUT2D eigenvalue weighted by Gasteiger charge is -2.24. The van der Waals surface area contributed by atoms with E-state index in [0.717, 1.165) is 0 Å². The molecule has 16 heavy (non-hydrogen) atoms. The molecular formula is C11H21NO4. The van der Waals surface area contributed by atoms with Crippen LogP contribution in [0.3, 0.4) is 0 Å². The van der Waals surface area contributed by atoms with Gasteiger partial charge in [0, 0.05) is 0 Å². The van der Waals surface area contributed by atoms with Crippen LogP contribution in [-0.4, -0.2) is 35.7 Å². The van der Waals surface area contributed by atoms with Crippen LogP contribution in [-0.2, 0) is 14.3 Å². The van der Waals surface area contributed by atoms with Crippen LogP contribution >= 0.6 is 0 Å². The smallest absolute Gasteiger partial charge is 0.324 e. The Kier molecular flexibility index (Phi) is 6.72. The lowest BCUT2D eigenvalue weighted by Crippen LogP contribution is -2.48. The summed E-state index contributed by atoms with van der Waals surface area (Å²) < 4.78 is 5.15. The average Bonchev–Trinajstić information content (AvgIpc) is 2.22. The van der Waals surface area contributed by atoms with Crippen LogP contribution in [0.15, 0.2) is 0 Å². The van der Waals surface area contributed by atoms with Gasteiger partial charge < -0.3 is 15.2 Å². The number of carboxylic acid groups (broad SMARTS) is 1. The first-order chi connectivity index (χ1) is 7.43. The van der Waals surface area contributed by atoms with Gasteiger partial charge in [-0.2, -0.15) is 0 Å². The summed E-state index contributed by atoms with van der Waals surface area (Å²) in [5.74, 6) is -1.61. The van der Waals surface area contributed by atoms with E-state index in [1.54, 1.807) is 20.8 Å². The number of carbonyl (C=O) groups excluding carboxylic acids is 1. The van der Waals surface area contributed by atoms with Gasteiger partial charge in [-0.15, -0.1) is 0 Å². The molecule has 5 nitrogen and oxygen atoms in total. The minimum Gasteiger partial charge on any atom is -0.480 e. The predicted molar refractivity (Wildman–Crippen MR) is 60.1 cm³/mol. The lowest BCUT2D eigenvalue weighted by atomic mass is 10.1. The summed E-state index contributed by atoms with van der Waals surface area (Å²) in [6, 6.07) is -0.835. The zero-order valence-electron chi connectivity index (χ0n) is 10.3. The SMILES string of the molecule is CCNC(C(=O)O)C(CC)OC(=O)C(C)C. The number of hydrogen-bond donors (Lipinski definition) is 2. The monoisotopic (exact) mass is 231 g/mol. The summed E-state index contributed by atoms with van der Waals surface area (Å²) in [5.41, 5.74) is 0. The van der Waals surface area contributed by atoms with E-state index in [1.165, 1.54) is 0 Å². The largest absolute Gasteiger partial charge is 0.480 e. The predicted octanol–water partition coefficient (Wildman–Crippen LogP) is 1.03. The number of esters is 1. The minimum atomic E-state index is -0.995. The number of carboxylic acids is 1. The highest BCUT2D eigenvalue weighted by Gasteiger charge is 2.29. The number of aliphatic carboxylic acids is 1. The highest BCUT2D eigenvalue weighted by atomic mass is 16.5. The molecule has 0 saturated heterocycles. The van der Waals surface area contributed by atoms with Gasteiger partial charge in [-0.3, -0.25) is 9.59 Å². The molecule has 5 heteroatoms. The summed E-state index contributed by atoms with van der Waals surface area (Å²) in [6.45, 7) is 7.57. The number of likely N-dealkylation sites (N-methyl/N-ethyl adjacent to an activating group) is 1. The summed E-state index contributed by atoms with van der Waals surface area (Å²) in [5, 5.41) is 11.8. The van der Waals surface area contributed by atoms with Crippen LogP contribution in [0.4, 0.5) is 0 Å². The summed E-state index contributed by atoms with van der Waals surface area (Å²) in [7, 11) is 0. The highest BCUT2D eigenvalue weighted by molar-refractivity contribution is 5.76. The Morgan fingerprint density at radius 1 is 1.31 bits per heavy atom. The second-order valence-electron chi connectivity index (χ2n) is 3.91. The van der Waals surface area contributed by atoms with Gasteiger partial charge in [0.1, 0.15) is 12.1 Å². The summed E-state index contributed by atoms with van der Waals surface area (Å²) in [4.78, 5) is 22.4. The Balaban J connectivity index is 4.54. The summed E-state index contributed by atoms with van der Waals surface area (Å²) >= 11 is 0. The Hall–Kier alpha value is -1.10. The Labute approximate surface area is 96.2 Å². The molecule has 2 atom stereocenters. The van der Waals surface area contributed by atoms with Crippen LogP contribution in [0.25, 0.3) is 0 Å². The highest BCUT2D eigenvalue weighted by Crippen LogP contribution is 2.09. The first-order valence-electron chi connectivity index (χ1n) is 5.60. The van der Waals surface area contributed by atoms with E-state index in [-0.39, 0.29) is 11.9 Å². The molecule has 0 aromatic carbocycles. The topological polar surface area (TPSA) is 75.6 Å². The van der Waals surface area contributed by atoms with E-state index in [1.807, 2.05) is 6.92 Å². The maximum atomic E-state index is 11.4. The molecule has 0 radical (unpaired) electrons. The number of hydrogen-bond acceptors (Lipinski definition) is 4. The molecule has 0 aliphatic heterocycles. The first kappa shape index (κ1) is 14.9. The van der Waals surface area contributed by atoms with Crippen molar-refractivity contribution in [1.29, 1.82) is 0 Å². The zero-order chi connectivity index (χ0) is 12.7. The molecule has 2 N–H and O–H groups in total. The molecule has 0 fully saturated rings. The minimum absolute atomic E-state index is 0.245. The number of carbonyl (C=O) groups is 2. The van der Waals surface area contributed by atoms with Gasteiger partial charge in [-0.25, -0.2) is 0 Å². The van der Waals surface area contributed by atoms with Gasteiger partial charge in [0.25, 0.3) is 0 Å². The average molecular weight is 231 g/mol. The quantitative estimate of drug-likeness (QED) is 0.640. The molecule has 0 saturated carbocycles. The van der Waals surface area contributed by atoms with Crippen molar-refractivity contribution in [2.45, 2.75) is 46.3 Å². The molecule has 2 unspecified atom stereocenters. The van der Waals surface area contributed by atoms with Gasteiger partial charge in [0.05, 0.1) is 5.92 Å². The molecule has 0 heterocycles. The molecule has 0 rings (SSSR count). The Morgan fingerprint density at radius 3 is 2.19 bits per heavy atom. The van der Waals surface area contributed by atoms with Crippen molar-refractivity contribution >= 4 is 11.9 Å². The molecule has 0 aliphatic rings. The van der Waals surface area contributed by atoms with Crippen LogP contribution in [0.2, 0.25) is 0 Å². The van der Waals surface area contributed by atoms with Crippen molar-refractivity contribution in [1.82, 2.24) is 5.32 Å². The second kappa shape index (κ2) is 7.22. The van der Waals surface area contributed by atoms with Crippen molar-refractivity contribution in [3.63, 3.8) is 0 Å². The molecular weight excluding hydrogens is 210 g/mol. The van der Waals surface area contributed by atoms with Gasteiger partial charge in [-0.1, -0.05) is 27.7 Å². The molecule has 0 spiro atoms. The van der Waals surface area contributed by atoms with Crippen molar-refractivity contribution in [2.75, 3.05) is 6.54 Å². The number of nitrogens with one attached hydrogen (secondary N) is 1. The van der Waals surface area contributed by atoms with E-state index in [2.05, 4.69) is 5.32 Å². The van der Waals surface area contributed by atoms with Crippen LogP contribution in [0.5, 0.6) is 0 Å². The number of rotatable bonds is 7. The Bertz CT molecular complexity index is 240. The molecule has 0 aliphatic carbocycles. The van der Waals surface area contributed by atoms with Crippen molar-refractivity contribution < 1.29 is 19.4 Å². The van der Waals surface area contributed by atoms with E-state index in [4.69, 9.17) is 9.84 Å². The zero-order valence-corrected chi connectivity index (χ0v) is 10.3. The van der Waals surface area contributed by atoms with Crippen LogP contribution in [0, 0.1) is 5.92 Å². The van der Waals surface area contributed by atoms with E-state index < -0.39 is 18.1 Å². The fraction of sp³-hybridized carbons (Fsp3) is 0.818. The standard InChI is InChI=1S/C11H21NO4/c1-5-8(16-11(15)7(3)4)9(10(13)14)12-6-2/h7-9,12H,5-6H2,1-4H3,(H,13,14). The van der Waals surface area contributed by atoms with Crippen molar-refractivity contribution in [3.05, 3.63) is 0 Å². The maximum absolute atomic E-state index is 11.4. The van der Waals surface area contributed by atoms with E-state index >= 15 is 0 Å². The second-order valence-corrected chi connectivity index (χ2v) is 3.91. The fourth-order valence-electron chi connectivity index (χ4n) is 1.27. The van der Waals surface area contributed by atoms with Crippen molar-refractivity contribution in [3.8, 4) is 0 Å². The molecule has 0 aromatic heterocycles. The van der Waals surface area contributed by atoms with Crippen molar-refractivity contribution in [2.24, 2.45) is 5.92 Å². The van der Waals surface area contributed by atoms with Gasteiger partial charge in [0.15, 0.2) is 0 Å². The molecule has 0 bridgehead atoms. The normalized spacial score (nSPS) is 14.6. The van der Waals surface area contributed by atoms with Gasteiger partial charge in [0.2, 0.25) is 0 Å². The fourth-order valence-corrected chi connectivity index (χ4v) is 1.27. The van der Waals surface area contributed by atoms with Gasteiger partial charge >= 0.3 is 11.9 Å². The third-order valence-corrected chi connectivity index (χ3v) is 2.20. The molecule has 94 valence electrons. The third kappa shape index (κ3) is 4.61. The van der Waals surface area contributed by atoms with Gasteiger partial charge in [-0.05, 0) is 13.0 Å². The van der Waals surface area contributed by atoms with E-state index in [0.29, 0.717) is 13.0 Å². The van der Waals surface area contributed by atoms with E-state index in [9.17, 15) is 9.59 Å². The first-order valence-corrected chi connectivity index (χ1v) is 5.60. The summed E-state index contributed by atoms with van der Waals surface area (Å²) in [6.07, 6.45) is -0.144. The Morgan fingerprint density at radius 2 is 1.88 bits per heavy atom. The third-order valence-electron chi connectivity index (χ3n) is 2.20. The molecule has 0 amide bonds. The van der Waals surface area contributed by atoms with Crippen LogP contribution in [0.1, 0.15) is 34.1 Å². The van der Waals surface area contributed by atoms with Crippen LogP contribution < -0.4 is 5.32 Å². The lowest BCUT2D eigenvalue weighted by molar-refractivity contribution is -0.158.